The fourth-order valence-corrected chi connectivity index (χ4v) is 5.55. The van der Waals surface area contributed by atoms with Gasteiger partial charge in [0.05, 0.1) is 12.7 Å². The van der Waals surface area contributed by atoms with E-state index in [-0.39, 0.29) is 18.3 Å². The highest BCUT2D eigenvalue weighted by atomic mass is 16.5. The lowest BCUT2D eigenvalue weighted by atomic mass is 9.71. The Bertz CT molecular complexity index is 1470. The van der Waals surface area contributed by atoms with Gasteiger partial charge in [0.15, 0.2) is 5.78 Å². The summed E-state index contributed by atoms with van der Waals surface area (Å²) in [7, 11) is 1.65. The van der Waals surface area contributed by atoms with Crippen LogP contribution >= 0.6 is 0 Å². The summed E-state index contributed by atoms with van der Waals surface area (Å²) in [5.41, 5.74) is 6.59. The van der Waals surface area contributed by atoms with E-state index in [4.69, 9.17) is 9.47 Å². The van der Waals surface area contributed by atoms with E-state index >= 15 is 0 Å². The first kappa shape index (κ1) is 24.6. The van der Waals surface area contributed by atoms with Crippen molar-refractivity contribution in [2.24, 2.45) is 0 Å². The SMILES string of the molecule is C/C=C(\C)COC(=O)C1=C(C)NC2=C(C(=O)C[C@H](c3ccccc3OC)C2)[C@@H]1c1cccc2[nH]ccc12. The third-order valence-corrected chi connectivity index (χ3v) is 7.49. The van der Waals surface area contributed by atoms with Crippen LogP contribution in [0.5, 0.6) is 5.75 Å². The molecule has 0 bridgehead atoms. The van der Waals surface area contributed by atoms with Crippen LogP contribution in [-0.2, 0) is 14.3 Å². The summed E-state index contributed by atoms with van der Waals surface area (Å²) in [6.45, 7) is 5.95. The van der Waals surface area contributed by atoms with E-state index < -0.39 is 11.9 Å². The van der Waals surface area contributed by atoms with Crippen molar-refractivity contribution in [1.82, 2.24) is 10.3 Å². The fourth-order valence-electron chi connectivity index (χ4n) is 5.55. The highest BCUT2D eigenvalue weighted by Gasteiger charge is 2.42. The second-order valence-corrected chi connectivity index (χ2v) is 9.76. The van der Waals surface area contributed by atoms with Crippen LogP contribution in [0.3, 0.4) is 0 Å². The van der Waals surface area contributed by atoms with Crippen LogP contribution in [-0.4, -0.2) is 30.5 Å². The number of carbonyl (C=O) groups excluding carboxylic acids is 2. The molecule has 2 N–H and O–H groups in total. The van der Waals surface area contributed by atoms with Crippen molar-refractivity contribution in [2.75, 3.05) is 13.7 Å². The summed E-state index contributed by atoms with van der Waals surface area (Å²) >= 11 is 0. The lowest BCUT2D eigenvalue weighted by molar-refractivity contribution is -0.138. The Morgan fingerprint density at radius 1 is 1.08 bits per heavy atom. The first-order valence-electron chi connectivity index (χ1n) is 12.6. The van der Waals surface area contributed by atoms with E-state index in [0.717, 1.165) is 39.0 Å². The van der Waals surface area contributed by atoms with Gasteiger partial charge in [-0.05, 0) is 62.1 Å². The molecule has 1 aliphatic heterocycles. The maximum atomic E-state index is 13.9. The number of aromatic amines is 1. The number of ketones is 1. The number of H-pyrrole nitrogens is 1. The van der Waals surface area contributed by atoms with Gasteiger partial charge in [-0.1, -0.05) is 36.4 Å². The molecule has 0 saturated carbocycles. The topological polar surface area (TPSA) is 80.4 Å². The maximum Gasteiger partial charge on any atom is 0.337 e. The molecule has 2 aliphatic rings. The second kappa shape index (κ2) is 10.1. The molecule has 2 heterocycles. The van der Waals surface area contributed by atoms with Gasteiger partial charge in [0, 0.05) is 52.3 Å². The van der Waals surface area contributed by atoms with E-state index in [1.54, 1.807) is 7.11 Å². The zero-order valence-electron chi connectivity index (χ0n) is 21.7. The molecule has 1 aromatic heterocycles. The van der Waals surface area contributed by atoms with Crippen molar-refractivity contribution in [3.63, 3.8) is 0 Å². The van der Waals surface area contributed by atoms with Gasteiger partial charge in [0.2, 0.25) is 0 Å². The minimum atomic E-state index is -0.514. The predicted octanol–water partition coefficient (Wildman–Crippen LogP) is 6.05. The minimum absolute atomic E-state index is 0.0164. The molecule has 5 rings (SSSR count). The first-order valence-corrected chi connectivity index (χ1v) is 12.6. The largest absolute Gasteiger partial charge is 0.496 e. The Morgan fingerprint density at radius 2 is 1.86 bits per heavy atom. The number of carbonyl (C=O) groups is 2. The minimum Gasteiger partial charge on any atom is -0.496 e. The zero-order valence-corrected chi connectivity index (χ0v) is 21.7. The molecule has 2 aromatic carbocycles. The van der Waals surface area contributed by atoms with Crippen LogP contribution in [0.2, 0.25) is 0 Å². The van der Waals surface area contributed by atoms with Crippen molar-refractivity contribution >= 4 is 22.7 Å². The van der Waals surface area contributed by atoms with Crippen LogP contribution in [0.4, 0.5) is 0 Å². The fraction of sp³-hybridized carbons (Fsp3) is 0.290. The van der Waals surface area contributed by atoms with Crippen LogP contribution in [0.25, 0.3) is 10.9 Å². The van der Waals surface area contributed by atoms with E-state index in [9.17, 15) is 9.59 Å². The average molecular weight is 497 g/mol. The highest BCUT2D eigenvalue weighted by Crippen LogP contribution is 2.48. The molecule has 0 fully saturated rings. The third-order valence-electron chi connectivity index (χ3n) is 7.49. The van der Waals surface area contributed by atoms with Gasteiger partial charge in [-0.3, -0.25) is 4.79 Å². The molecule has 0 unspecified atom stereocenters. The zero-order chi connectivity index (χ0) is 26.1. The standard InChI is InChI=1S/C31H32N2O4/c1-5-18(2)17-37-31(35)28-19(3)33-25-15-20(21-9-6-7-12-27(21)36-4)16-26(34)30(25)29(28)23-10-8-11-24-22(23)13-14-32-24/h5-14,20,29,32-33H,15-17H2,1-4H3/b18-5+/t20-,29-/m1/s1. The smallest absolute Gasteiger partial charge is 0.337 e. The number of para-hydroxylation sites is 1. The van der Waals surface area contributed by atoms with Gasteiger partial charge in [0.1, 0.15) is 12.4 Å². The molecule has 0 radical (unpaired) electrons. The second-order valence-electron chi connectivity index (χ2n) is 9.76. The molecule has 6 nitrogen and oxygen atoms in total. The Balaban J connectivity index is 1.62. The predicted molar refractivity (Wildman–Crippen MR) is 144 cm³/mol. The molecular weight excluding hydrogens is 464 g/mol. The van der Waals surface area contributed by atoms with Crippen molar-refractivity contribution in [3.8, 4) is 5.75 Å². The van der Waals surface area contributed by atoms with Gasteiger partial charge in [0.25, 0.3) is 0 Å². The van der Waals surface area contributed by atoms with Crippen LogP contribution in [0.15, 0.2) is 88.9 Å². The van der Waals surface area contributed by atoms with Crippen LogP contribution in [0.1, 0.15) is 56.6 Å². The van der Waals surface area contributed by atoms with E-state index in [1.165, 1.54) is 0 Å². The number of hydrogen-bond donors (Lipinski definition) is 2. The summed E-state index contributed by atoms with van der Waals surface area (Å²) in [4.78, 5) is 30.7. The molecule has 0 amide bonds. The maximum absolute atomic E-state index is 13.9. The number of rotatable bonds is 6. The average Bonchev–Trinajstić information content (AvgIpc) is 3.39. The summed E-state index contributed by atoms with van der Waals surface area (Å²) in [5, 5.41) is 4.42. The molecule has 6 heteroatoms. The van der Waals surface area contributed by atoms with E-state index in [0.29, 0.717) is 29.7 Å². The van der Waals surface area contributed by atoms with Crippen molar-refractivity contribution < 1.29 is 19.1 Å². The quantitative estimate of drug-likeness (QED) is 0.321. The number of nitrogens with one attached hydrogen (secondary N) is 2. The van der Waals surface area contributed by atoms with Gasteiger partial charge < -0.3 is 19.8 Å². The Morgan fingerprint density at radius 3 is 2.65 bits per heavy atom. The summed E-state index contributed by atoms with van der Waals surface area (Å²) < 4.78 is 11.3. The molecular formula is C31H32N2O4. The molecule has 190 valence electrons. The number of esters is 1. The van der Waals surface area contributed by atoms with Gasteiger partial charge in [-0.15, -0.1) is 0 Å². The number of aromatic nitrogens is 1. The third kappa shape index (κ3) is 4.48. The summed E-state index contributed by atoms with van der Waals surface area (Å²) in [6.07, 6.45) is 4.81. The number of methoxy groups -OCH3 is 1. The van der Waals surface area contributed by atoms with Crippen molar-refractivity contribution in [2.45, 2.75) is 45.4 Å². The number of dihydropyridines is 1. The van der Waals surface area contributed by atoms with Gasteiger partial charge in [-0.2, -0.15) is 0 Å². The number of allylic oxidation sites excluding steroid dienone is 4. The Labute approximate surface area is 217 Å². The highest BCUT2D eigenvalue weighted by molar-refractivity contribution is 6.05. The summed E-state index contributed by atoms with van der Waals surface area (Å²) in [5.74, 6) is -0.123. The molecule has 37 heavy (non-hydrogen) atoms. The van der Waals surface area contributed by atoms with Gasteiger partial charge in [-0.25, -0.2) is 4.79 Å². The Kier molecular flexibility index (Phi) is 6.74. The van der Waals surface area contributed by atoms with Gasteiger partial charge >= 0.3 is 5.97 Å². The monoisotopic (exact) mass is 496 g/mol. The number of benzene rings is 2. The summed E-state index contributed by atoms with van der Waals surface area (Å²) in [6, 6.07) is 15.8. The molecule has 3 aromatic rings. The van der Waals surface area contributed by atoms with Crippen molar-refractivity contribution in [3.05, 3.63) is 100 Å². The normalized spacial score (nSPS) is 20.1. The molecule has 0 spiro atoms. The lowest BCUT2D eigenvalue weighted by Gasteiger charge is -2.37. The van der Waals surface area contributed by atoms with Crippen LogP contribution in [0, 0.1) is 0 Å². The lowest BCUT2D eigenvalue weighted by Crippen LogP contribution is -2.36. The molecule has 1 aliphatic carbocycles. The Hall–Kier alpha value is -4.06. The number of Topliss-reactive ketones (excluding diaryl/α,β-unsaturated/α-hetero) is 1. The van der Waals surface area contributed by atoms with E-state index in [1.807, 2.05) is 81.6 Å². The first-order chi connectivity index (χ1) is 17.9. The molecule has 0 saturated heterocycles. The number of ether oxygens (including phenoxy) is 2. The number of fused-ring (bicyclic) bond motifs is 1. The van der Waals surface area contributed by atoms with Crippen molar-refractivity contribution in [1.29, 1.82) is 0 Å². The van der Waals surface area contributed by atoms with E-state index in [2.05, 4.69) is 10.3 Å². The number of hydrogen-bond acceptors (Lipinski definition) is 5. The van der Waals surface area contributed by atoms with Crippen LogP contribution < -0.4 is 10.1 Å². The molecule has 2 atom stereocenters.